The molecule has 0 radical (unpaired) electrons. The Morgan fingerprint density at radius 2 is 1.78 bits per heavy atom. The first-order chi connectivity index (χ1) is 13.1. The van der Waals surface area contributed by atoms with Crippen LogP contribution in [0.5, 0.6) is 5.75 Å². The number of benzene rings is 1. The highest BCUT2D eigenvalue weighted by atomic mass is 32.1. The average molecular weight is 384 g/mol. The van der Waals surface area contributed by atoms with Gasteiger partial charge in [-0.05, 0) is 55.6 Å². The van der Waals surface area contributed by atoms with Crippen LogP contribution in [0.15, 0.2) is 41.8 Å². The van der Waals surface area contributed by atoms with Crippen molar-refractivity contribution >= 4 is 33.1 Å². The van der Waals surface area contributed by atoms with Crippen LogP contribution in [0.1, 0.15) is 30.4 Å². The van der Waals surface area contributed by atoms with Crippen molar-refractivity contribution in [3.63, 3.8) is 0 Å². The van der Waals surface area contributed by atoms with Gasteiger partial charge >= 0.3 is 0 Å². The van der Waals surface area contributed by atoms with Gasteiger partial charge in [-0.25, -0.2) is 0 Å². The summed E-state index contributed by atoms with van der Waals surface area (Å²) in [4.78, 5) is 18.7. The molecule has 142 valence electrons. The Labute approximate surface area is 163 Å². The fraction of sp³-hybridized carbons (Fsp3) is 0.381. The number of carbonyl (C=O) groups excluding carboxylic acids is 1. The largest absolute Gasteiger partial charge is 0.497 e. The number of ether oxygens (including phenoxy) is 1. The summed E-state index contributed by atoms with van der Waals surface area (Å²) in [6.07, 6.45) is 0. The molecule has 6 heteroatoms. The molecule has 4 rings (SSSR count). The summed E-state index contributed by atoms with van der Waals surface area (Å²) in [5, 5.41) is 3.25. The van der Waals surface area contributed by atoms with Gasteiger partial charge < -0.3 is 19.1 Å². The van der Waals surface area contributed by atoms with Crippen molar-refractivity contribution in [1.82, 2.24) is 9.47 Å². The van der Waals surface area contributed by atoms with Gasteiger partial charge in [0.1, 0.15) is 16.3 Å². The Morgan fingerprint density at radius 1 is 1.07 bits per heavy atom. The number of hydrogen-bond donors (Lipinski definition) is 0. The molecule has 1 aliphatic rings. The maximum Gasteiger partial charge on any atom is 0.270 e. The van der Waals surface area contributed by atoms with Crippen LogP contribution >= 0.6 is 11.3 Å². The third-order valence-corrected chi connectivity index (χ3v) is 6.11. The molecule has 3 aromatic rings. The third kappa shape index (κ3) is 3.30. The highest BCUT2D eigenvalue weighted by Crippen LogP contribution is 2.30. The van der Waals surface area contributed by atoms with Crippen LogP contribution < -0.4 is 9.64 Å². The number of amides is 1. The van der Waals surface area contributed by atoms with Gasteiger partial charge in [0.2, 0.25) is 0 Å². The molecule has 0 saturated carbocycles. The van der Waals surface area contributed by atoms with Crippen LogP contribution in [0.25, 0.3) is 10.2 Å². The molecule has 0 spiro atoms. The number of fused-ring (bicyclic) bond motifs is 1. The SMILES string of the molecule is COc1ccc(N2CCN(C(=O)c3cc4ccsc4n3C(C)C)CC2)cc1. The number of anilines is 1. The van der Waals surface area contributed by atoms with Crippen LogP contribution in [0, 0.1) is 0 Å². The van der Waals surface area contributed by atoms with E-state index in [1.807, 2.05) is 23.1 Å². The average Bonchev–Trinajstić information content (AvgIpc) is 3.28. The van der Waals surface area contributed by atoms with Crippen LogP contribution in [-0.4, -0.2) is 48.7 Å². The molecule has 0 atom stereocenters. The maximum absolute atomic E-state index is 13.2. The molecular formula is C21H25N3O2S. The van der Waals surface area contributed by atoms with Crippen LogP contribution in [0.4, 0.5) is 5.69 Å². The standard InChI is InChI=1S/C21H25N3O2S/c1-15(2)24-19(14-16-8-13-27-21(16)24)20(25)23-11-9-22(10-12-23)17-4-6-18(26-3)7-5-17/h4-8,13-15H,9-12H2,1-3H3. The summed E-state index contributed by atoms with van der Waals surface area (Å²) in [7, 11) is 1.68. The predicted octanol–water partition coefficient (Wildman–Crippen LogP) is 4.25. The Balaban J connectivity index is 1.48. The second-order valence-electron chi connectivity index (χ2n) is 7.15. The summed E-state index contributed by atoms with van der Waals surface area (Å²) in [6, 6.07) is 12.5. The van der Waals surface area contributed by atoms with Gasteiger partial charge in [0.25, 0.3) is 5.91 Å². The number of thiophene rings is 1. The van der Waals surface area contributed by atoms with Crippen LogP contribution in [0.3, 0.4) is 0 Å². The Kier molecular flexibility index (Phi) is 4.83. The summed E-state index contributed by atoms with van der Waals surface area (Å²) in [6.45, 7) is 7.43. The molecule has 1 amide bonds. The zero-order valence-corrected chi connectivity index (χ0v) is 16.8. The maximum atomic E-state index is 13.2. The van der Waals surface area contributed by atoms with E-state index < -0.39 is 0 Å². The van der Waals surface area contributed by atoms with E-state index in [1.54, 1.807) is 18.4 Å². The van der Waals surface area contributed by atoms with E-state index in [4.69, 9.17) is 4.74 Å². The molecule has 0 N–H and O–H groups in total. The van der Waals surface area contributed by atoms with Gasteiger partial charge in [-0.15, -0.1) is 11.3 Å². The third-order valence-electron chi connectivity index (χ3n) is 5.18. The van der Waals surface area contributed by atoms with Gasteiger partial charge in [0, 0.05) is 43.3 Å². The summed E-state index contributed by atoms with van der Waals surface area (Å²) >= 11 is 1.70. The molecule has 1 fully saturated rings. The summed E-state index contributed by atoms with van der Waals surface area (Å²) in [5.74, 6) is 1.00. The molecule has 0 bridgehead atoms. The smallest absolute Gasteiger partial charge is 0.270 e. The normalized spacial score (nSPS) is 15.0. The molecular weight excluding hydrogens is 358 g/mol. The molecule has 3 heterocycles. The molecule has 0 unspecified atom stereocenters. The number of carbonyl (C=O) groups is 1. The van der Waals surface area contributed by atoms with Crippen LogP contribution in [-0.2, 0) is 0 Å². The molecule has 5 nitrogen and oxygen atoms in total. The molecule has 2 aromatic heterocycles. The fourth-order valence-corrected chi connectivity index (χ4v) is 4.77. The number of piperazine rings is 1. The Morgan fingerprint density at radius 3 is 2.41 bits per heavy atom. The lowest BCUT2D eigenvalue weighted by atomic mass is 10.2. The Hall–Kier alpha value is -2.47. The van der Waals surface area contributed by atoms with Crippen molar-refractivity contribution in [2.24, 2.45) is 0 Å². The molecule has 1 aliphatic heterocycles. The minimum atomic E-state index is 0.140. The highest BCUT2D eigenvalue weighted by molar-refractivity contribution is 7.16. The van der Waals surface area contributed by atoms with Crippen molar-refractivity contribution in [2.45, 2.75) is 19.9 Å². The van der Waals surface area contributed by atoms with Crippen molar-refractivity contribution in [2.75, 3.05) is 38.2 Å². The number of rotatable bonds is 4. The first-order valence-electron chi connectivity index (χ1n) is 9.35. The van der Waals surface area contributed by atoms with Crippen LogP contribution in [0.2, 0.25) is 0 Å². The van der Waals surface area contributed by atoms with E-state index >= 15 is 0 Å². The summed E-state index contributed by atoms with van der Waals surface area (Å²) in [5.41, 5.74) is 1.98. The van der Waals surface area contributed by atoms with E-state index in [0.29, 0.717) is 0 Å². The molecule has 0 aliphatic carbocycles. The second kappa shape index (κ2) is 7.27. The van der Waals surface area contributed by atoms with Gasteiger partial charge in [-0.2, -0.15) is 0 Å². The minimum Gasteiger partial charge on any atom is -0.497 e. The molecule has 27 heavy (non-hydrogen) atoms. The van der Waals surface area contributed by atoms with Gasteiger partial charge in [-0.3, -0.25) is 4.79 Å². The molecule has 1 saturated heterocycles. The first kappa shape index (κ1) is 17.9. The lowest BCUT2D eigenvalue weighted by Crippen LogP contribution is -2.49. The van der Waals surface area contributed by atoms with E-state index in [-0.39, 0.29) is 11.9 Å². The Bertz CT molecular complexity index is 934. The topological polar surface area (TPSA) is 37.7 Å². The number of aromatic nitrogens is 1. The highest BCUT2D eigenvalue weighted by Gasteiger charge is 2.26. The van der Waals surface area contributed by atoms with Gasteiger partial charge in [0.15, 0.2) is 0 Å². The zero-order chi connectivity index (χ0) is 19.0. The second-order valence-corrected chi connectivity index (χ2v) is 8.05. The number of methoxy groups -OCH3 is 1. The van der Waals surface area contributed by atoms with Gasteiger partial charge in [-0.1, -0.05) is 0 Å². The van der Waals surface area contributed by atoms with E-state index in [2.05, 4.69) is 46.9 Å². The van der Waals surface area contributed by atoms with Crippen molar-refractivity contribution in [1.29, 1.82) is 0 Å². The monoisotopic (exact) mass is 383 g/mol. The zero-order valence-electron chi connectivity index (χ0n) is 16.0. The van der Waals surface area contributed by atoms with Gasteiger partial charge in [0.05, 0.1) is 7.11 Å². The van der Waals surface area contributed by atoms with Crippen molar-refractivity contribution in [3.8, 4) is 5.75 Å². The quantitative estimate of drug-likeness (QED) is 0.676. The van der Waals surface area contributed by atoms with Crippen molar-refractivity contribution in [3.05, 3.63) is 47.5 Å². The first-order valence-corrected chi connectivity index (χ1v) is 10.2. The molecule has 1 aromatic carbocycles. The number of hydrogen-bond acceptors (Lipinski definition) is 4. The van der Waals surface area contributed by atoms with Crippen molar-refractivity contribution < 1.29 is 9.53 Å². The number of nitrogens with zero attached hydrogens (tertiary/aromatic N) is 3. The minimum absolute atomic E-state index is 0.140. The van der Waals surface area contributed by atoms with E-state index in [9.17, 15) is 4.79 Å². The lowest BCUT2D eigenvalue weighted by molar-refractivity contribution is 0.0735. The van der Waals surface area contributed by atoms with E-state index in [0.717, 1.165) is 43.0 Å². The summed E-state index contributed by atoms with van der Waals surface area (Å²) < 4.78 is 7.41. The lowest BCUT2D eigenvalue weighted by Gasteiger charge is -2.36. The predicted molar refractivity (Wildman–Crippen MR) is 111 cm³/mol. The van der Waals surface area contributed by atoms with E-state index in [1.165, 1.54) is 10.5 Å². The fourth-order valence-electron chi connectivity index (χ4n) is 3.74.